The molecule has 1 aromatic heterocycles. The molecule has 98 valence electrons. The van der Waals surface area contributed by atoms with Gasteiger partial charge in [0.2, 0.25) is 5.90 Å². The van der Waals surface area contributed by atoms with Gasteiger partial charge in [0.15, 0.2) is 0 Å². The smallest absolute Gasteiger partial charge is 0.210 e. The summed E-state index contributed by atoms with van der Waals surface area (Å²) >= 11 is 0. The first kappa shape index (κ1) is 14.1. The molecule has 0 bridgehead atoms. The molecule has 0 aliphatic heterocycles. The van der Waals surface area contributed by atoms with Crippen LogP contribution in [0.25, 0.3) is 0 Å². The molecule has 0 aliphatic carbocycles. The maximum absolute atomic E-state index is 12.6. The fraction of sp³-hybridized carbons (Fsp3) is 0.333. The molecule has 6 heteroatoms. The minimum atomic E-state index is -0.392. The Kier molecular flexibility index (Phi) is 5.79. The van der Waals surface area contributed by atoms with Crippen molar-refractivity contribution in [2.45, 2.75) is 6.92 Å². The van der Waals surface area contributed by atoms with Crippen molar-refractivity contribution < 1.29 is 13.9 Å². The van der Waals surface area contributed by atoms with Crippen LogP contribution in [0, 0.1) is 11.2 Å². The minimum absolute atomic E-state index is 0.0571. The Labute approximate surface area is 105 Å². The lowest BCUT2D eigenvalue weighted by Gasteiger charge is -2.07. The van der Waals surface area contributed by atoms with Crippen LogP contribution in [0.5, 0.6) is 0 Å². The first-order valence-electron chi connectivity index (χ1n) is 5.39. The number of anilines is 1. The number of halogens is 1. The summed E-state index contributed by atoms with van der Waals surface area (Å²) in [5.41, 5.74) is 0.609. The van der Waals surface area contributed by atoms with Crippen LogP contribution in [0.4, 0.5) is 10.2 Å². The number of methoxy groups -OCH3 is 1. The SMILES string of the molecule is COCCOC(=N)/C(C)=C\Nc1ccc(F)cn1. The Morgan fingerprint density at radius 2 is 2.28 bits per heavy atom. The summed E-state index contributed by atoms with van der Waals surface area (Å²) < 4.78 is 22.5. The summed E-state index contributed by atoms with van der Waals surface area (Å²) in [6, 6.07) is 2.81. The third-order valence-corrected chi connectivity index (χ3v) is 2.06. The number of hydrogen-bond acceptors (Lipinski definition) is 5. The first-order chi connectivity index (χ1) is 8.63. The highest BCUT2D eigenvalue weighted by molar-refractivity contribution is 5.90. The van der Waals surface area contributed by atoms with Gasteiger partial charge in [-0.05, 0) is 19.1 Å². The van der Waals surface area contributed by atoms with Crippen molar-refractivity contribution in [2.75, 3.05) is 25.6 Å². The predicted molar refractivity (Wildman–Crippen MR) is 67.1 cm³/mol. The van der Waals surface area contributed by atoms with Crippen molar-refractivity contribution >= 4 is 11.7 Å². The number of pyridine rings is 1. The van der Waals surface area contributed by atoms with Gasteiger partial charge >= 0.3 is 0 Å². The van der Waals surface area contributed by atoms with Gasteiger partial charge in [0.1, 0.15) is 18.2 Å². The molecule has 0 fully saturated rings. The maximum Gasteiger partial charge on any atom is 0.210 e. The van der Waals surface area contributed by atoms with Crippen LogP contribution >= 0.6 is 0 Å². The normalized spacial score (nSPS) is 11.2. The van der Waals surface area contributed by atoms with Crippen LogP contribution in [0.3, 0.4) is 0 Å². The van der Waals surface area contributed by atoms with Gasteiger partial charge in [0.25, 0.3) is 0 Å². The van der Waals surface area contributed by atoms with E-state index in [1.807, 2.05) is 0 Å². The van der Waals surface area contributed by atoms with E-state index < -0.39 is 5.82 Å². The van der Waals surface area contributed by atoms with E-state index in [2.05, 4.69) is 10.3 Å². The van der Waals surface area contributed by atoms with Crippen LogP contribution in [-0.2, 0) is 9.47 Å². The summed E-state index contributed by atoms with van der Waals surface area (Å²) in [4.78, 5) is 3.82. The van der Waals surface area contributed by atoms with Crippen LogP contribution in [-0.4, -0.2) is 31.2 Å². The van der Waals surface area contributed by atoms with Crippen molar-refractivity contribution in [3.05, 3.63) is 35.9 Å². The van der Waals surface area contributed by atoms with E-state index >= 15 is 0 Å². The monoisotopic (exact) mass is 253 g/mol. The molecular weight excluding hydrogens is 237 g/mol. The van der Waals surface area contributed by atoms with Crippen LogP contribution < -0.4 is 5.32 Å². The molecule has 0 aromatic carbocycles. The number of aromatic nitrogens is 1. The van der Waals surface area contributed by atoms with Gasteiger partial charge in [-0.1, -0.05) is 0 Å². The van der Waals surface area contributed by atoms with E-state index in [9.17, 15) is 4.39 Å². The molecule has 0 atom stereocenters. The number of ether oxygens (including phenoxy) is 2. The molecule has 0 aliphatic rings. The standard InChI is InChI=1S/C12H16FN3O2/c1-9(12(14)18-6-5-17-2)7-15-11-4-3-10(13)8-16-11/h3-4,7-8,14H,5-6H2,1-2H3,(H,15,16)/b9-7-,14-12?. The Morgan fingerprint density at radius 3 is 2.89 bits per heavy atom. The third kappa shape index (κ3) is 4.92. The molecule has 0 unspecified atom stereocenters. The number of hydrogen-bond donors (Lipinski definition) is 2. The molecule has 18 heavy (non-hydrogen) atoms. The number of nitrogens with zero attached hydrogens (tertiary/aromatic N) is 1. The molecule has 0 spiro atoms. The van der Waals surface area contributed by atoms with Gasteiger partial charge in [0, 0.05) is 18.9 Å². The van der Waals surface area contributed by atoms with E-state index in [-0.39, 0.29) is 5.90 Å². The third-order valence-electron chi connectivity index (χ3n) is 2.06. The molecule has 0 radical (unpaired) electrons. The second kappa shape index (κ2) is 7.39. The van der Waals surface area contributed by atoms with E-state index in [0.29, 0.717) is 24.6 Å². The van der Waals surface area contributed by atoms with Gasteiger partial charge in [-0.2, -0.15) is 0 Å². The molecule has 1 aromatic rings. The lowest BCUT2D eigenvalue weighted by molar-refractivity contribution is 0.141. The van der Waals surface area contributed by atoms with E-state index in [1.165, 1.54) is 12.1 Å². The summed E-state index contributed by atoms with van der Waals surface area (Å²) in [6.45, 7) is 2.49. The molecule has 5 nitrogen and oxygen atoms in total. The minimum Gasteiger partial charge on any atom is -0.475 e. The van der Waals surface area contributed by atoms with Crippen molar-refractivity contribution in [1.82, 2.24) is 4.98 Å². The second-order valence-electron chi connectivity index (χ2n) is 3.50. The van der Waals surface area contributed by atoms with Crippen LogP contribution in [0.2, 0.25) is 0 Å². The summed E-state index contributed by atoms with van der Waals surface area (Å²) in [5, 5.41) is 10.5. The quantitative estimate of drug-likeness (QED) is 0.463. The highest BCUT2D eigenvalue weighted by atomic mass is 19.1. The van der Waals surface area contributed by atoms with Crippen LogP contribution in [0.1, 0.15) is 6.92 Å². The highest BCUT2D eigenvalue weighted by Crippen LogP contribution is 2.05. The molecule has 0 saturated carbocycles. The zero-order valence-corrected chi connectivity index (χ0v) is 10.4. The van der Waals surface area contributed by atoms with Gasteiger partial charge in [-0.15, -0.1) is 0 Å². The lowest BCUT2D eigenvalue weighted by Crippen LogP contribution is -2.10. The molecule has 1 rings (SSSR count). The van der Waals surface area contributed by atoms with Crippen molar-refractivity contribution in [3.8, 4) is 0 Å². The van der Waals surface area contributed by atoms with Crippen molar-refractivity contribution in [2.24, 2.45) is 0 Å². The maximum atomic E-state index is 12.6. The molecule has 2 N–H and O–H groups in total. The number of nitrogens with one attached hydrogen (secondary N) is 2. The van der Waals surface area contributed by atoms with Gasteiger partial charge < -0.3 is 14.8 Å². The first-order valence-corrected chi connectivity index (χ1v) is 5.39. The zero-order chi connectivity index (χ0) is 13.4. The van der Waals surface area contributed by atoms with E-state index in [4.69, 9.17) is 14.9 Å². The van der Waals surface area contributed by atoms with Gasteiger partial charge in [-0.3, -0.25) is 5.41 Å². The lowest BCUT2D eigenvalue weighted by atomic mass is 10.3. The van der Waals surface area contributed by atoms with Crippen molar-refractivity contribution in [1.29, 1.82) is 5.41 Å². The molecule has 0 saturated heterocycles. The molecular formula is C12H16FN3O2. The Bertz CT molecular complexity index is 418. The molecule has 0 amide bonds. The largest absolute Gasteiger partial charge is 0.475 e. The Balaban J connectivity index is 2.45. The predicted octanol–water partition coefficient (Wildman–Crippen LogP) is 2.18. The average Bonchev–Trinajstić information content (AvgIpc) is 2.38. The summed E-state index contributed by atoms with van der Waals surface area (Å²) in [6.07, 6.45) is 2.70. The highest BCUT2D eigenvalue weighted by Gasteiger charge is 2.01. The summed E-state index contributed by atoms with van der Waals surface area (Å²) in [7, 11) is 1.57. The van der Waals surface area contributed by atoms with Crippen molar-refractivity contribution in [3.63, 3.8) is 0 Å². The van der Waals surface area contributed by atoms with E-state index in [1.54, 1.807) is 20.2 Å². The topological polar surface area (TPSA) is 67.2 Å². The van der Waals surface area contributed by atoms with Gasteiger partial charge in [-0.25, -0.2) is 9.37 Å². The van der Waals surface area contributed by atoms with E-state index in [0.717, 1.165) is 6.20 Å². The zero-order valence-electron chi connectivity index (χ0n) is 10.4. The Hall–Kier alpha value is -1.95. The second-order valence-corrected chi connectivity index (χ2v) is 3.50. The molecule has 1 heterocycles. The Morgan fingerprint density at radius 1 is 1.50 bits per heavy atom. The average molecular weight is 253 g/mol. The van der Waals surface area contributed by atoms with Crippen LogP contribution in [0.15, 0.2) is 30.1 Å². The number of rotatable bonds is 6. The summed E-state index contributed by atoms with van der Waals surface area (Å²) in [5.74, 6) is 0.166. The van der Waals surface area contributed by atoms with Gasteiger partial charge in [0.05, 0.1) is 12.8 Å². The fourth-order valence-electron chi connectivity index (χ4n) is 1.05. The fourth-order valence-corrected chi connectivity index (χ4v) is 1.05.